The van der Waals surface area contributed by atoms with E-state index in [2.05, 4.69) is 0 Å². The van der Waals surface area contributed by atoms with Crippen LogP contribution in [0.2, 0.25) is 0 Å². The zero-order valence-corrected chi connectivity index (χ0v) is 6.48. The van der Waals surface area contributed by atoms with E-state index in [9.17, 15) is 4.79 Å². The maximum atomic E-state index is 10.9. The molecule has 13 heavy (non-hydrogen) atoms. The molecule has 1 amide bonds. The molecule has 0 radical (unpaired) electrons. The van der Waals surface area contributed by atoms with Gasteiger partial charge in [0.05, 0.1) is 5.56 Å². The summed E-state index contributed by atoms with van der Waals surface area (Å²) in [7, 11) is 0. The highest BCUT2D eigenvalue weighted by molar-refractivity contribution is 5.97. The normalized spacial score (nSPS) is 9.62. The van der Waals surface area contributed by atoms with E-state index in [1.165, 1.54) is 0 Å². The molecule has 0 atom stereocenters. The van der Waals surface area contributed by atoms with Gasteiger partial charge in [0, 0.05) is 0 Å². The first kappa shape index (κ1) is 9.14. The van der Waals surface area contributed by atoms with Crippen LogP contribution in [-0.2, 0) is 0 Å². The fourth-order valence-corrected chi connectivity index (χ4v) is 0.830. The quantitative estimate of drug-likeness (QED) is 0.173. The molecule has 1 aromatic carbocycles. The van der Waals surface area contributed by atoms with Crippen molar-refractivity contribution in [3.63, 3.8) is 0 Å². The fraction of sp³-hybridized carbons (Fsp3) is 0. The van der Waals surface area contributed by atoms with Crippen LogP contribution in [0, 0.1) is 0 Å². The van der Waals surface area contributed by atoms with Crippen molar-refractivity contribution in [2.24, 2.45) is 5.84 Å². The molecular formula is C7H8N2O4. The van der Waals surface area contributed by atoms with E-state index in [-0.39, 0.29) is 5.56 Å². The number of hydrazine groups is 1. The number of nitrogens with two attached hydrogens (primary N) is 1. The van der Waals surface area contributed by atoms with Crippen LogP contribution in [0.3, 0.4) is 0 Å². The summed E-state index contributed by atoms with van der Waals surface area (Å²) in [5, 5.41) is 27.1. The zero-order chi connectivity index (χ0) is 10.0. The lowest BCUT2D eigenvalue weighted by atomic mass is 10.1. The highest BCUT2D eigenvalue weighted by atomic mass is 16.3. The summed E-state index contributed by atoms with van der Waals surface area (Å²) in [6.07, 6.45) is 0. The van der Waals surface area contributed by atoms with Crippen molar-refractivity contribution in [2.45, 2.75) is 0 Å². The van der Waals surface area contributed by atoms with Gasteiger partial charge in [0.1, 0.15) is 0 Å². The fourth-order valence-electron chi connectivity index (χ4n) is 0.830. The first-order valence-corrected chi connectivity index (χ1v) is 3.32. The molecule has 0 spiro atoms. The Bertz CT molecular complexity index is 351. The minimum absolute atomic E-state index is 0.210. The van der Waals surface area contributed by atoms with Gasteiger partial charge in [-0.2, -0.15) is 0 Å². The predicted molar refractivity (Wildman–Crippen MR) is 43.1 cm³/mol. The summed E-state index contributed by atoms with van der Waals surface area (Å²) >= 11 is 0. The molecule has 0 aliphatic heterocycles. The molecule has 0 aromatic heterocycles. The zero-order valence-electron chi connectivity index (χ0n) is 6.48. The second-order valence-electron chi connectivity index (χ2n) is 2.30. The van der Waals surface area contributed by atoms with Gasteiger partial charge in [-0.15, -0.1) is 0 Å². The summed E-state index contributed by atoms with van der Waals surface area (Å²) in [5.74, 6) is 2.09. The van der Waals surface area contributed by atoms with Crippen molar-refractivity contribution in [3.8, 4) is 17.2 Å². The lowest BCUT2D eigenvalue weighted by Gasteiger charge is -2.05. The number of amides is 1. The van der Waals surface area contributed by atoms with Gasteiger partial charge in [0.25, 0.3) is 5.91 Å². The van der Waals surface area contributed by atoms with Gasteiger partial charge in [-0.25, -0.2) is 5.84 Å². The maximum absolute atomic E-state index is 10.9. The molecule has 0 fully saturated rings. The number of hydrogen-bond acceptors (Lipinski definition) is 5. The van der Waals surface area contributed by atoms with Crippen molar-refractivity contribution in [1.29, 1.82) is 0 Å². The number of carbonyl (C=O) groups excluding carboxylic acids is 1. The lowest BCUT2D eigenvalue weighted by molar-refractivity contribution is 0.0950. The highest BCUT2D eigenvalue weighted by Gasteiger charge is 2.15. The van der Waals surface area contributed by atoms with Crippen LogP contribution in [0.1, 0.15) is 10.4 Å². The van der Waals surface area contributed by atoms with Crippen LogP contribution in [0.5, 0.6) is 17.2 Å². The van der Waals surface area contributed by atoms with E-state index in [1.54, 1.807) is 5.43 Å². The molecule has 0 bridgehead atoms. The summed E-state index contributed by atoms with van der Waals surface area (Å²) in [6.45, 7) is 0. The first-order valence-electron chi connectivity index (χ1n) is 3.32. The van der Waals surface area contributed by atoms with E-state index < -0.39 is 23.2 Å². The number of benzene rings is 1. The van der Waals surface area contributed by atoms with Crippen LogP contribution in [0.4, 0.5) is 0 Å². The number of carbonyl (C=O) groups is 1. The predicted octanol–water partition coefficient (Wildman–Crippen LogP) is -0.593. The molecule has 1 rings (SSSR count). The molecule has 6 nitrogen and oxygen atoms in total. The van der Waals surface area contributed by atoms with E-state index >= 15 is 0 Å². The van der Waals surface area contributed by atoms with Crippen molar-refractivity contribution in [1.82, 2.24) is 5.43 Å². The van der Waals surface area contributed by atoms with Crippen molar-refractivity contribution >= 4 is 5.91 Å². The smallest absolute Gasteiger partial charge is 0.269 e. The standard InChI is InChI=1S/C7H8N2O4/c8-9-7(13)3-1-2-4(10)6(12)5(3)11/h1-2,10-12H,8H2,(H,9,13). The molecule has 0 saturated heterocycles. The molecule has 6 heteroatoms. The van der Waals surface area contributed by atoms with Crippen molar-refractivity contribution in [3.05, 3.63) is 17.7 Å². The van der Waals surface area contributed by atoms with E-state index in [0.717, 1.165) is 12.1 Å². The SMILES string of the molecule is NNC(=O)c1ccc(O)c(O)c1O. The molecule has 0 heterocycles. The third kappa shape index (κ3) is 1.47. The summed E-state index contributed by atoms with van der Waals surface area (Å²) in [6, 6.07) is 2.20. The number of phenolic OH excluding ortho intramolecular Hbond substituents is 3. The Morgan fingerprint density at radius 3 is 2.38 bits per heavy atom. The number of hydrogen-bond donors (Lipinski definition) is 5. The van der Waals surface area contributed by atoms with Crippen LogP contribution in [0.15, 0.2) is 12.1 Å². The van der Waals surface area contributed by atoms with Gasteiger partial charge in [0.2, 0.25) is 5.75 Å². The minimum Gasteiger partial charge on any atom is -0.504 e. The van der Waals surface area contributed by atoms with Crippen LogP contribution in [0.25, 0.3) is 0 Å². The third-order valence-electron chi connectivity index (χ3n) is 1.51. The number of phenols is 3. The summed E-state index contributed by atoms with van der Waals surface area (Å²) < 4.78 is 0. The largest absolute Gasteiger partial charge is 0.504 e. The Morgan fingerprint density at radius 1 is 1.23 bits per heavy atom. The van der Waals surface area contributed by atoms with E-state index in [4.69, 9.17) is 21.2 Å². The maximum Gasteiger partial charge on any atom is 0.269 e. The molecule has 1 aromatic rings. The highest BCUT2D eigenvalue weighted by Crippen LogP contribution is 2.36. The Labute approximate surface area is 73.2 Å². The Morgan fingerprint density at radius 2 is 1.85 bits per heavy atom. The van der Waals surface area contributed by atoms with Crippen molar-refractivity contribution < 1.29 is 20.1 Å². The number of aromatic hydroxyl groups is 3. The van der Waals surface area contributed by atoms with Gasteiger partial charge < -0.3 is 15.3 Å². The van der Waals surface area contributed by atoms with Crippen LogP contribution in [-0.4, -0.2) is 21.2 Å². The molecule has 6 N–H and O–H groups in total. The van der Waals surface area contributed by atoms with Crippen LogP contribution >= 0.6 is 0 Å². The molecular weight excluding hydrogens is 176 g/mol. The van der Waals surface area contributed by atoms with Crippen molar-refractivity contribution in [2.75, 3.05) is 0 Å². The average molecular weight is 184 g/mol. The van der Waals surface area contributed by atoms with Gasteiger partial charge >= 0.3 is 0 Å². The summed E-state index contributed by atoms with van der Waals surface area (Å²) in [4.78, 5) is 10.9. The van der Waals surface area contributed by atoms with E-state index in [1.807, 2.05) is 0 Å². The second-order valence-corrected chi connectivity index (χ2v) is 2.30. The number of nitrogen functional groups attached to an aromatic ring is 1. The molecule has 0 aliphatic rings. The monoisotopic (exact) mass is 184 g/mol. The van der Waals surface area contributed by atoms with Gasteiger partial charge in [-0.3, -0.25) is 10.2 Å². The second kappa shape index (κ2) is 3.20. The molecule has 0 saturated carbocycles. The average Bonchev–Trinajstić information content (AvgIpc) is 2.13. The summed E-state index contributed by atoms with van der Waals surface area (Å²) in [5.41, 5.74) is 1.57. The van der Waals surface area contributed by atoms with Crippen LogP contribution < -0.4 is 11.3 Å². The number of nitrogens with one attached hydrogen (secondary N) is 1. The van der Waals surface area contributed by atoms with Gasteiger partial charge in [-0.05, 0) is 12.1 Å². The minimum atomic E-state index is -0.757. The first-order chi connectivity index (χ1) is 6.07. The third-order valence-corrected chi connectivity index (χ3v) is 1.51. The Kier molecular flexibility index (Phi) is 2.25. The topological polar surface area (TPSA) is 116 Å². The number of rotatable bonds is 1. The van der Waals surface area contributed by atoms with E-state index in [0.29, 0.717) is 0 Å². The molecule has 70 valence electrons. The molecule has 0 aliphatic carbocycles. The molecule has 0 unspecified atom stereocenters. The Hall–Kier alpha value is -1.95. The lowest BCUT2D eigenvalue weighted by Crippen LogP contribution is -2.29. The van der Waals surface area contributed by atoms with Gasteiger partial charge in [-0.1, -0.05) is 0 Å². The van der Waals surface area contributed by atoms with Gasteiger partial charge in [0.15, 0.2) is 11.5 Å². The Balaban J connectivity index is 3.26.